The molecule has 6 nitrogen and oxygen atoms in total. The van der Waals surface area contributed by atoms with E-state index < -0.39 is 37.0 Å². The molecule has 2 aromatic carbocycles. The number of benzene rings is 2. The van der Waals surface area contributed by atoms with Crippen LogP contribution < -0.4 is 0 Å². The molecule has 0 aliphatic carbocycles. The molecule has 0 bridgehead atoms. The molecule has 0 radical (unpaired) electrons. The molecule has 2 unspecified atom stereocenters. The monoisotopic (exact) mass is 409 g/mol. The topological polar surface area (TPSA) is 91.8 Å². The quantitative estimate of drug-likeness (QED) is 0.738. The van der Waals surface area contributed by atoms with E-state index in [0.29, 0.717) is 19.5 Å². The van der Waals surface area contributed by atoms with Crippen LogP contribution in [0.5, 0.6) is 0 Å². The summed E-state index contributed by atoms with van der Waals surface area (Å²) in [6, 6.07) is 17.8. The molecule has 27 heavy (non-hydrogen) atoms. The van der Waals surface area contributed by atoms with E-state index in [2.05, 4.69) is 0 Å². The van der Waals surface area contributed by atoms with Gasteiger partial charge in [0.25, 0.3) is 10.1 Å². The van der Waals surface area contributed by atoms with Crippen molar-refractivity contribution in [3.05, 3.63) is 66.2 Å². The Labute approximate surface area is 160 Å². The summed E-state index contributed by atoms with van der Waals surface area (Å²) in [6.45, 7) is 0.919. The van der Waals surface area contributed by atoms with E-state index >= 15 is 0 Å². The van der Waals surface area contributed by atoms with Gasteiger partial charge in [0.1, 0.15) is 5.37 Å². The highest BCUT2D eigenvalue weighted by Crippen LogP contribution is 2.32. The zero-order chi connectivity index (χ0) is 19.5. The molecule has 0 aromatic heterocycles. The lowest BCUT2D eigenvalue weighted by molar-refractivity contribution is 0.157. The minimum absolute atomic E-state index is 0.170. The van der Waals surface area contributed by atoms with Crippen LogP contribution in [0.1, 0.15) is 18.4 Å². The second kappa shape index (κ2) is 8.10. The van der Waals surface area contributed by atoms with Crippen LogP contribution in [-0.2, 0) is 26.5 Å². The molecule has 1 heterocycles. The van der Waals surface area contributed by atoms with Gasteiger partial charge in [0.2, 0.25) is 0 Å². The molecule has 1 saturated heterocycles. The largest absolute Gasteiger partial charge is 0.286 e. The summed E-state index contributed by atoms with van der Waals surface area (Å²) in [6.07, 6.45) is 0.692. The van der Waals surface area contributed by atoms with E-state index in [1.54, 1.807) is 30.3 Å². The van der Waals surface area contributed by atoms with E-state index in [1.807, 2.05) is 35.2 Å². The van der Waals surface area contributed by atoms with Crippen molar-refractivity contribution < 1.29 is 21.4 Å². The van der Waals surface area contributed by atoms with E-state index in [1.165, 1.54) is 0 Å². The van der Waals surface area contributed by atoms with Crippen molar-refractivity contribution in [1.82, 2.24) is 4.90 Å². The number of nitrogens with zero attached hydrogens (tertiary/aromatic N) is 1. The van der Waals surface area contributed by atoms with Crippen LogP contribution in [0.25, 0.3) is 0 Å². The average Bonchev–Trinajstić information content (AvgIpc) is 2.63. The van der Waals surface area contributed by atoms with Gasteiger partial charge in [-0.25, -0.2) is 8.42 Å². The SMILES string of the molecule is O=S(=O)(O)CC1CCN(Cc2ccccc2)C(S(=O)(=O)c2ccccc2)C1. The normalized spacial score (nSPS) is 21.8. The maximum atomic E-state index is 13.2. The van der Waals surface area contributed by atoms with Crippen molar-refractivity contribution in [3.63, 3.8) is 0 Å². The molecule has 1 aliphatic heterocycles. The summed E-state index contributed by atoms with van der Waals surface area (Å²) >= 11 is 0. The predicted octanol–water partition coefficient (Wildman–Crippen LogP) is 2.59. The first-order chi connectivity index (χ1) is 12.8. The smallest absolute Gasteiger partial charge is 0.265 e. The molecule has 2 aromatic rings. The number of hydrogen-bond acceptors (Lipinski definition) is 5. The fourth-order valence-electron chi connectivity index (χ4n) is 3.58. The second-order valence-corrected chi connectivity index (χ2v) is 10.5. The van der Waals surface area contributed by atoms with Crippen LogP contribution in [0.4, 0.5) is 0 Å². The first-order valence-electron chi connectivity index (χ1n) is 8.78. The van der Waals surface area contributed by atoms with Gasteiger partial charge in [-0.2, -0.15) is 8.42 Å². The molecule has 0 saturated carbocycles. The van der Waals surface area contributed by atoms with Gasteiger partial charge < -0.3 is 0 Å². The average molecular weight is 410 g/mol. The fourth-order valence-corrected chi connectivity index (χ4v) is 6.43. The Morgan fingerprint density at radius 3 is 2.11 bits per heavy atom. The van der Waals surface area contributed by atoms with E-state index in [9.17, 15) is 21.4 Å². The van der Waals surface area contributed by atoms with Crippen LogP contribution in [0.3, 0.4) is 0 Å². The van der Waals surface area contributed by atoms with Crippen LogP contribution in [-0.4, -0.2) is 44.0 Å². The molecule has 8 heteroatoms. The number of likely N-dealkylation sites (tertiary alicyclic amines) is 1. The Bertz CT molecular complexity index is 960. The lowest BCUT2D eigenvalue weighted by atomic mass is 9.98. The third-order valence-electron chi connectivity index (χ3n) is 4.87. The molecule has 0 spiro atoms. The highest BCUT2D eigenvalue weighted by Gasteiger charge is 2.39. The second-order valence-electron chi connectivity index (χ2n) is 6.91. The standard InChI is InChI=1S/C19H23NO5S2/c21-26(22,23)15-17-11-12-20(14-16-7-3-1-4-8-16)19(13-17)27(24,25)18-9-5-2-6-10-18/h1-10,17,19H,11-15H2,(H,21,22,23). The van der Waals surface area contributed by atoms with Crippen molar-refractivity contribution in [2.45, 2.75) is 29.7 Å². The third kappa shape index (κ3) is 5.16. The van der Waals surface area contributed by atoms with Gasteiger partial charge in [-0.1, -0.05) is 48.5 Å². The maximum absolute atomic E-state index is 13.2. The van der Waals surface area contributed by atoms with Gasteiger partial charge in [-0.3, -0.25) is 9.45 Å². The third-order valence-corrected chi connectivity index (χ3v) is 7.90. The van der Waals surface area contributed by atoms with E-state index in [0.717, 1.165) is 5.56 Å². The van der Waals surface area contributed by atoms with Crippen LogP contribution in [0.2, 0.25) is 0 Å². The van der Waals surface area contributed by atoms with Crippen molar-refractivity contribution in [1.29, 1.82) is 0 Å². The Morgan fingerprint density at radius 1 is 0.926 bits per heavy atom. The Hall–Kier alpha value is -1.74. The lowest BCUT2D eigenvalue weighted by Gasteiger charge is -2.38. The summed E-state index contributed by atoms with van der Waals surface area (Å²) in [5.74, 6) is -0.803. The summed E-state index contributed by atoms with van der Waals surface area (Å²) in [5.41, 5.74) is 0.999. The number of rotatable bonds is 6. The summed E-state index contributed by atoms with van der Waals surface area (Å²) < 4.78 is 58.3. The van der Waals surface area contributed by atoms with Crippen molar-refractivity contribution >= 4 is 20.0 Å². The molecular weight excluding hydrogens is 386 g/mol. The highest BCUT2D eigenvalue weighted by molar-refractivity contribution is 7.92. The van der Waals surface area contributed by atoms with Gasteiger partial charge in [-0.15, -0.1) is 0 Å². The van der Waals surface area contributed by atoms with E-state index in [4.69, 9.17) is 0 Å². The zero-order valence-corrected chi connectivity index (χ0v) is 16.4. The van der Waals surface area contributed by atoms with Crippen LogP contribution in [0, 0.1) is 5.92 Å². The molecule has 146 valence electrons. The summed E-state index contributed by atoms with van der Waals surface area (Å²) in [4.78, 5) is 2.11. The molecule has 0 amide bonds. The van der Waals surface area contributed by atoms with Crippen molar-refractivity contribution in [3.8, 4) is 0 Å². The summed E-state index contributed by atoms with van der Waals surface area (Å²) in [5, 5.41) is -0.833. The lowest BCUT2D eigenvalue weighted by Crippen LogP contribution is -2.47. The van der Waals surface area contributed by atoms with Crippen molar-refractivity contribution in [2.24, 2.45) is 5.92 Å². The molecule has 1 fully saturated rings. The van der Waals surface area contributed by atoms with Crippen molar-refractivity contribution in [2.75, 3.05) is 12.3 Å². The molecule has 1 N–H and O–H groups in total. The zero-order valence-electron chi connectivity index (χ0n) is 14.8. The fraction of sp³-hybridized carbons (Fsp3) is 0.368. The first-order valence-corrected chi connectivity index (χ1v) is 11.9. The first kappa shape index (κ1) is 20.0. The molecule has 2 atom stereocenters. The van der Waals surface area contributed by atoms with Gasteiger partial charge in [-0.05, 0) is 36.5 Å². The van der Waals surface area contributed by atoms with Crippen LogP contribution in [0.15, 0.2) is 65.6 Å². The van der Waals surface area contributed by atoms with Gasteiger partial charge in [0.15, 0.2) is 9.84 Å². The number of hydrogen-bond donors (Lipinski definition) is 1. The number of sulfone groups is 1. The maximum Gasteiger partial charge on any atom is 0.265 e. The van der Waals surface area contributed by atoms with Gasteiger partial charge >= 0.3 is 0 Å². The minimum Gasteiger partial charge on any atom is -0.286 e. The Balaban J connectivity index is 1.90. The Kier molecular flexibility index (Phi) is 6.00. The molecule has 3 rings (SSSR count). The molecule has 1 aliphatic rings. The number of piperidine rings is 1. The summed E-state index contributed by atoms with van der Waals surface area (Å²) in [7, 11) is -7.82. The van der Waals surface area contributed by atoms with E-state index in [-0.39, 0.29) is 11.3 Å². The predicted molar refractivity (Wildman–Crippen MR) is 103 cm³/mol. The van der Waals surface area contributed by atoms with Crippen LogP contribution >= 0.6 is 0 Å². The Morgan fingerprint density at radius 2 is 1.52 bits per heavy atom. The highest BCUT2D eigenvalue weighted by atomic mass is 32.2. The minimum atomic E-state index is -4.15. The van der Waals surface area contributed by atoms with Gasteiger partial charge in [0, 0.05) is 13.1 Å². The van der Waals surface area contributed by atoms with Gasteiger partial charge in [0.05, 0.1) is 10.6 Å². The molecular formula is C19H23NO5S2.